The van der Waals surface area contributed by atoms with Gasteiger partial charge in [-0.15, -0.1) is 0 Å². The molecular formula is C13H14F3NO4. The smallest absolute Gasteiger partial charge is 0.471 e. The van der Waals surface area contributed by atoms with Gasteiger partial charge >= 0.3 is 12.1 Å². The van der Waals surface area contributed by atoms with E-state index in [1.165, 1.54) is 26.4 Å². The minimum atomic E-state index is -4.97. The van der Waals surface area contributed by atoms with Crippen molar-refractivity contribution in [1.29, 1.82) is 0 Å². The number of aliphatic hydroxyl groups is 1. The van der Waals surface area contributed by atoms with Crippen molar-refractivity contribution in [1.82, 2.24) is 5.32 Å². The number of hydrogen-bond acceptors (Lipinski definition) is 4. The minimum Gasteiger partial charge on any atom is -0.493 e. The highest BCUT2D eigenvalue weighted by Crippen LogP contribution is 2.44. The highest BCUT2D eigenvalue weighted by atomic mass is 19.4. The third-order valence-electron chi connectivity index (χ3n) is 3.35. The number of fused-ring (bicyclic) bond motifs is 1. The van der Waals surface area contributed by atoms with Gasteiger partial charge in [0.1, 0.15) is 0 Å². The highest BCUT2D eigenvalue weighted by molar-refractivity contribution is 5.82. The van der Waals surface area contributed by atoms with E-state index in [0.29, 0.717) is 22.6 Å². The average molecular weight is 305 g/mol. The molecule has 5 nitrogen and oxygen atoms in total. The fourth-order valence-corrected chi connectivity index (χ4v) is 2.35. The van der Waals surface area contributed by atoms with E-state index < -0.39 is 24.2 Å². The molecule has 1 aromatic carbocycles. The Bertz CT molecular complexity index is 559. The molecule has 2 N–H and O–H groups in total. The minimum absolute atomic E-state index is 0.0343. The predicted molar refractivity (Wildman–Crippen MR) is 66.1 cm³/mol. The van der Waals surface area contributed by atoms with Crippen molar-refractivity contribution >= 4 is 5.91 Å². The molecule has 8 heteroatoms. The molecule has 0 aliphatic heterocycles. The van der Waals surface area contributed by atoms with Gasteiger partial charge in [0.2, 0.25) is 0 Å². The van der Waals surface area contributed by atoms with Crippen molar-refractivity contribution in [3.8, 4) is 11.5 Å². The summed E-state index contributed by atoms with van der Waals surface area (Å²) in [5.74, 6) is -1.36. The van der Waals surface area contributed by atoms with Gasteiger partial charge in [-0.05, 0) is 23.3 Å². The van der Waals surface area contributed by atoms with Gasteiger partial charge in [-0.3, -0.25) is 4.79 Å². The van der Waals surface area contributed by atoms with E-state index in [4.69, 9.17) is 9.47 Å². The molecule has 0 radical (unpaired) electrons. The Morgan fingerprint density at radius 3 is 2.24 bits per heavy atom. The second kappa shape index (κ2) is 5.44. The number of carbonyl (C=O) groups is 1. The normalized spacial score (nSPS) is 20.9. The lowest BCUT2D eigenvalue weighted by atomic mass is 10.1. The summed E-state index contributed by atoms with van der Waals surface area (Å²) in [6.45, 7) is 0. The van der Waals surface area contributed by atoms with Crippen molar-refractivity contribution in [2.24, 2.45) is 0 Å². The number of benzene rings is 1. The van der Waals surface area contributed by atoms with E-state index in [-0.39, 0.29) is 6.42 Å². The third-order valence-corrected chi connectivity index (χ3v) is 3.35. The van der Waals surface area contributed by atoms with Crippen LogP contribution in [0.2, 0.25) is 0 Å². The SMILES string of the molecule is COc1cc2c(cc1OC)[C@@H](NC(=O)C(F)(F)F)C[C@H]2O. The maximum Gasteiger partial charge on any atom is 0.471 e. The molecule has 0 unspecified atom stereocenters. The Kier molecular flexibility index (Phi) is 3.99. The third kappa shape index (κ3) is 2.90. The molecule has 0 spiro atoms. The lowest BCUT2D eigenvalue weighted by molar-refractivity contribution is -0.174. The van der Waals surface area contributed by atoms with E-state index in [2.05, 4.69) is 0 Å². The van der Waals surface area contributed by atoms with Crippen LogP contribution in [-0.4, -0.2) is 31.4 Å². The number of alkyl halides is 3. The standard InChI is InChI=1S/C13H14F3NO4/c1-20-10-3-6-7(4-11(10)21-2)9(18)5-8(6)17-12(19)13(14,15)16/h3-4,8-9,18H,5H2,1-2H3,(H,17,19)/t8-,9+/m0/s1. The zero-order valence-electron chi connectivity index (χ0n) is 11.3. The van der Waals surface area contributed by atoms with Crippen LogP contribution in [-0.2, 0) is 4.79 Å². The van der Waals surface area contributed by atoms with Gasteiger partial charge in [0.25, 0.3) is 0 Å². The predicted octanol–water partition coefficient (Wildman–Crippen LogP) is 1.86. The molecule has 116 valence electrons. The maximum atomic E-state index is 12.3. The number of rotatable bonds is 3. The van der Waals surface area contributed by atoms with Gasteiger partial charge in [0.05, 0.1) is 26.4 Å². The fourth-order valence-electron chi connectivity index (χ4n) is 2.35. The molecule has 1 aliphatic rings. The summed E-state index contributed by atoms with van der Waals surface area (Å²) < 4.78 is 47.1. The molecule has 0 bridgehead atoms. The van der Waals surface area contributed by atoms with Gasteiger partial charge < -0.3 is 19.9 Å². The van der Waals surface area contributed by atoms with Crippen molar-refractivity contribution in [3.05, 3.63) is 23.3 Å². The number of aliphatic hydroxyl groups excluding tert-OH is 1. The first kappa shape index (κ1) is 15.4. The molecule has 0 saturated carbocycles. The molecular weight excluding hydrogens is 291 g/mol. The number of amides is 1. The molecule has 2 rings (SSSR count). The second-order valence-electron chi connectivity index (χ2n) is 4.61. The van der Waals surface area contributed by atoms with E-state index in [1.807, 2.05) is 5.32 Å². The van der Waals surface area contributed by atoms with Crippen molar-refractivity contribution in [2.45, 2.75) is 24.7 Å². The van der Waals surface area contributed by atoms with Gasteiger partial charge in [-0.2, -0.15) is 13.2 Å². The van der Waals surface area contributed by atoms with E-state index in [0.717, 1.165) is 0 Å². The van der Waals surface area contributed by atoms with Crippen LogP contribution in [0.25, 0.3) is 0 Å². The summed E-state index contributed by atoms with van der Waals surface area (Å²) in [6, 6.07) is 2.04. The molecule has 21 heavy (non-hydrogen) atoms. The quantitative estimate of drug-likeness (QED) is 0.894. The number of nitrogens with one attached hydrogen (secondary N) is 1. The number of methoxy groups -OCH3 is 2. The fraction of sp³-hybridized carbons (Fsp3) is 0.462. The summed E-state index contributed by atoms with van der Waals surface area (Å²) >= 11 is 0. The van der Waals surface area contributed by atoms with Crippen molar-refractivity contribution < 1.29 is 32.5 Å². The average Bonchev–Trinajstić information content (AvgIpc) is 2.72. The summed E-state index contributed by atoms with van der Waals surface area (Å²) in [7, 11) is 2.80. The number of hydrogen-bond donors (Lipinski definition) is 2. The van der Waals surface area contributed by atoms with E-state index >= 15 is 0 Å². The van der Waals surface area contributed by atoms with Crippen LogP contribution in [0.4, 0.5) is 13.2 Å². The number of halogens is 3. The summed E-state index contributed by atoms with van der Waals surface area (Å²) in [5, 5.41) is 11.8. The summed E-state index contributed by atoms with van der Waals surface area (Å²) in [5.41, 5.74) is 0.804. The first-order valence-electron chi connectivity index (χ1n) is 6.09. The first-order chi connectivity index (χ1) is 9.77. The Morgan fingerprint density at radius 1 is 1.24 bits per heavy atom. The molecule has 0 fully saturated rings. The maximum absolute atomic E-state index is 12.3. The van der Waals surface area contributed by atoms with Crippen LogP contribution in [0.15, 0.2) is 12.1 Å². The number of ether oxygens (including phenoxy) is 2. The van der Waals surface area contributed by atoms with Gasteiger partial charge in [-0.1, -0.05) is 0 Å². The lowest BCUT2D eigenvalue weighted by Crippen LogP contribution is -2.38. The molecule has 0 saturated heterocycles. The lowest BCUT2D eigenvalue weighted by Gasteiger charge is -2.16. The molecule has 1 aliphatic carbocycles. The zero-order chi connectivity index (χ0) is 15.8. The van der Waals surface area contributed by atoms with Gasteiger partial charge in [-0.25, -0.2) is 0 Å². The Labute approximate surface area is 118 Å². The molecule has 2 atom stereocenters. The molecule has 0 aromatic heterocycles. The van der Waals surface area contributed by atoms with Gasteiger partial charge in [0, 0.05) is 6.42 Å². The Hall–Kier alpha value is -1.96. The molecule has 1 aromatic rings. The summed E-state index contributed by atoms with van der Waals surface area (Å²) in [4.78, 5) is 11.0. The monoisotopic (exact) mass is 305 g/mol. The van der Waals surface area contributed by atoms with Crippen molar-refractivity contribution in [3.63, 3.8) is 0 Å². The van der Waals surface area contributed by atoms with E-state index in [1.54, 1.807) is 0 Å². The van der Waals surface area contributed by atoms with Crippen LogP contribution in [0, 0.1) is 0 Å². The second-order valence-corrected chi connectivity index (χ2v) is 4.61. The Morgan fingerprint density at radius 2 is 1.76 bits per heavy atom. The Balaban J connectivity index is 2.34. The van der Waals surface area contributed by atoms with Gasteiger partial charge in [0.15, 0.2) is 11.5 Å². The van der Waals surface area contributed by atoms with Crippen LogP contribution in [0.1, 0.15) is 29.7 Å². The molecule has 0 heterocycles. The van der Waals surface area contributed by atoms with Crippen LogP contribution < -0.4 is 14.8 Å². The largest absolute Gasteiger partial charge is 0.493 e. The van der Waals surface area contributed by atoms with Crippen LogP contribution >= 0.6 is 0 Å². The summed E-state index contributed by atoms with van der Waals surface area (Å²) in [6.07, 6.45) is -5.98. The molecule has 1 amide bonds. The van der Waals surface area contributed by atoms with Crippen LogP contribution in [0.3, 0.4) is 0 Å². The number of carbonyl (C=O) groups excluding carboxylic acids is 1. The first-order valence-corrected chi connectivity index (χ1v) is 6.09. The van der Waals surface area contributed by atoms with E-state index in [9.17, 15) is 23.1 Å². The highest BCUT2D eigenvalue weighted by Gasteiger charge is 2.42. The topological polar surface area (TPSA) is 67.8 Å². The zero-order valence-corrected chi connectivity index (χ0v) is 11.3. The van der Waals surface area contributed by atoms with Crippen LogP contribution in [0.5, 0.6) is 11.5 Å². The van der Waals surface area contributed by atoms with Crippen molar-refractivity contribution in [2.75, 3.05) is 14.2 Å².